The van der Waals surface area contributed by atoms with Crippen LogP contribution in [0.25, 0.3) is 11.1 Å². The highest BCUT2D eigenvalue weighted by molar-refractivity contribution is 5.66. The van der Waals surface area contributed by atoms with E-state index in [0.717, 1.165) is 0 Å². The molecule has 2 rings (SSSR count). The molecule has 130 valence electrons. The molecule has 0 radical (unpaired) electrons. The summed E-state index contributed by atoms with van der Waals surface area (Å²) in [7, 11) is 0. The Labute approximate surface area is 149 Å². The molecule has 0 fully saturated rings. The molecule has 0 nitrogen and oxygen atoms in total. The van der Waals surface area contributed by atoms with Gasteiger partial charge < -0.3 is 0 Å². The van der Waals surface area contributed by atoms with Crippen molar-refractivity contribution in [1.82, 2.24) is 0 Å². The van der Waals surface area contributed by atoms with Crippen molar-refractivity contribution in [1.29, 1.82) is 0 Å². The van der Waals surface area contributed by atoms with Gasteiger partial charge in [-0.1, -0.05) is 77.1 Å². The maximum atomic E-state index is 2.42. The number of benzene rings is 2. The van der Waals surface area contributed by atoms with Gasteiger partial charge in [-0.2, -0.15) is 0 Å². The molecule has 0 spiro atoms. The lowest BCUT2D eigenvalue weighted by Gasteiger charge is -2.33. The summed E-state index contributed by atoms with van der Waals surface area (Å²) in [6.45, 7) is 16.4. The van der Waals surface area contributed by atoms with Gasteiger partial charge in [-0.05, 0) is 71.8 Å². The minimum Gasteiger partial charge on any atom is -0.0622 e. The van der Waals surface area contributed by atoms with Crippen molar-refractivity contribution >= 4 is 0 Å². The van der Waals surface area contributed by atoms with E-state index in [0.29, 0.717) is 10.8 Å². The molecule has 0 saturated heterocycles. The molecule has 2 aromatic rings. The average molecular weight is 323 g/mol. The largest absolute Gasteiger partial charge is 0.0622 e. The second-order valence-corrected chi connectivity index (χ2v) is 9.36. The molecule has 0 bridgehead atoms. The standard InChI is InChI=1S/C24H34/c1-18-15-21(20-11-9-8-10-12-20)16-19(2)22(18)13-14-24(6,7)17-23(3,4)5/h8-12,15-16H,13-14,17H2,1-7H3. The van der Waals surface area contributed by atoms with Gasteiger partial charge in [0.1, 0.15) is 0 Å². The van der Waals surface area contributed by atoms with E-state index in [1.54, 1.807) is 0 Å². The summed E-state index contributed by atoms with van der Waals surface area (Å²) in [4.78, 5) is 0. The summed E-state index contributed by atoms with van der Waals surface area (Å²) < 4.78 is 0. The normalized spacial score (nSPS) is 12.5. The topological polar surface area (TPSA) is 0 Å². The third-order valence-electron chi connectivity index (χ3n) is 4.86. The number of rotatable bonds is 5. The first kappa shape index (κ1) is 18.8. The fourth-order valence-electron chi connectivity index (χ4n) is 4.17. The third kappa shape index (κ3) is 5.23. The van der Waals surface area contributed by atoms with Crippen molar-refractivity contribution in [3.8, 4) is 11.1 Å². The Bertz CT molecular complexity index is 646. The van der Waals surface area contributed by atoms with E-state index in [-0.39, 0.29) is 0 Å². The van der Waals surface area contributed by atoms with Crippen LogP contribution in [0.2, 0.25) is 0 Å². The monoisotopic (exact) mass is 322 g/mol. The summed E-state index contributed by atoms with van der Waals surface area (Å²) in [6.07, 6.45) is 3.69. The second-order valence-electron chi connectivity index (χ2n) is 9.36. The van der Waals surface area contributed by atoms with Gasteiger partial charge in [-0.15, -0.1) is 0 Å². The maximum absolute atomic E-state index is 2.42. The molecule has 0 aliphatic heterocycles. The van der Waals surface area contributed by atoms with E-state index in [1.165, 1.54) is 47.1 Å². The highest BCUT2D eigenvalue weighted by Crippen LogP contribution is 2.37. The Balaban J connectivity index is 2.18. The van der Waals surface area contributed by atoms with Gasteiger partial charge in [-0.25, -0.2) is 0 Å². The maximum Gasteiger partial charge on any atom is -0.0179 e. The van der Waals surface area contributed by atoms with E-state index < -0.39 is 0 Å². The van der Waals surface area contributed by atoms with Crippen LogP contribution in [-0.4, -0.2) is 0 Å². The fraction of sp³-hybridized carbons (Fsp3) is 0.500. The lowest BCUT2D eigenvalue weighted by Crippen LogP contribution is -2.21. The van der Waals surface area contributed by atoms with E-state index >= 15 is 0 Å². The Morgan fingerprint density at radius 2 is 1.29 bits per heavy atom. The molecule has 0 unspecified atom stereocenters. The lowest BCUT2D eigenvalue weighted by molar-refractivity contribution is 0.199. The van der Waals surface area contributed by atoms with Crippen molar-refractivity contribution in [2.24, 2.45) is 10.8 Å². The predicted octanol–water partition coefficient (Wildman–Crippen LogP) is 7.37. The molecule has 0 aromatic heterocycles. The summed E-state index contributed by atoms with van der Waals surface area (Å²) in [5.74, 6) is 0. The van der Waals surface area contributed by atoms with Crippen LogP contribution in [0, 0.1) is 24.7 Å². The van der Waals surface area contributed by atoms with Gasteiger partial charge in [0.2, 0.25) is 0 Å². The van der Waals surface area contributed by atoms with Crippen LogP contribution in [0.1, 0.15) is 64.2 Å². The van der Waals surface area contributed by atoms with Crippen molar-refractivity contribution in [2.45, 2.75) is 67.7 Å². The minimum atomic E-state index is 0.384. The minimum absolute atomic E-state index is 0.384. The smallest absolute Gasteiger partial charge is 0.0179 e. The van der Waals surface area contributed by atoms with E-state index in [9.17, 15) is 0 Å². The van der Waals surface area contributed by atoms with Crippen LogP contribution in [0.4, 0.5) is 0 Å². The summed E-state index contributed by atoms with van der Waals surface area (Å²) >= 11 is 0. The zero-order valence-corrected chi connectivity index (χ0v) is 16.7. The zero-order chi connectivity index (χ0) is 18.0. The van der Waals surface area contributed by atoms with E-state index in [4.69, 9.17) is 0 Å². The number of aryl methyl sites for hydroxylation is 2. The molecule has 0 aliphatic carbocycles. The highest BCUT2D eigenvalue weighted by atomic mass is 14.3. The van der Waals surface area contributed by atoms with Crippen molar-refractivity contribution < 1.29 is 0 Å². The Morgan fingerprint density at radius 3 is 1.79 bits per heavy atom. The van der Waals surface area contributed by atoms with E-state index in [1.807, 2.05) is 0 Å². The Kier molecular flexibility index (Phi) is 5.58. The molecular formula is C24H34. The fourth-order valence-corrected chi connectivity index (χ4v) is 4.17. The van der Waals surface area contributed by atoms with Crippen molar-refractivity contribution in [2.75, 3.05) is 0 Å². The molecule has 0 atom stereocenters. The van der Waals surface area contributed by atoms with Crippen LogP contribution in [0.5, 0.6) is 0 Å². The second kappa shape index (κ2) is 7.13. The lowest BCUT2D eigenvalue weighted by atomic mass is 9.73. The van der Waals surface area contributed by atoms with Crippen LogP contribution in [-0.2, 0) is 6.42 Å². The molecule has 0 aliphatic rings. The van der Waals surface area contributed by atoms with Crippen molar-refractivity contribution in [3.05, 3.63) is 59.2 Å². The Hall–Kier alpha value is -1.56. The zero-order valence-electron chi connectivity index (χ0n) is 16.7. The molecule has 0 heterocycles. The molecule has 0 heteroatoms. The Morgan fingerprint density at radius 1 is 0.750 bits per heavy atom. The first-order valence-corrected chi connectivity index (χ1v) is 9.23. The molecule has 0 saturated carbocycles. The molecular weight excluding hydrogens is 288 g/mol. The first-order chi connectivity index (χ1) is 11.1. The van der Waals surface area contributed by atoms with Gasteiger partial charge in [0.05, 0.1) is 0 Å². The highest BCUT2D eigenvalue weighted by Gasteiger charge is 2.25. The van der Waals surface area contributed by atoms with Gasteiger partial charge in [0, 0.05) is 0 Å². The first-order valence-electron chi connectivity index (χ1n) is 9.23. The van der Waals surface area contributed by atoms with Crippen LogP contribution >= 0.6 is 0 Å². The van der Waals surface area contributed by atoms with Crippen LogP contribution in [0.15, 0.2) is 42.5 Å². The summed E-state index contributed by atoms with van der Waals surface area (Å²) in [5, 5.41) is 0. The van der Waals surface area contributed by atoms with Gasteiger partial charge in [0.25, 0.3) is 0 Å². The molecule has 0 N–H and O–H groups in total. The van der Waals surface area contributed by atoms with Gasteiger partial charge in [-0.3, -0.25) is 0 Å². The number of hydrogen-bond acceptors (Lipinski definition) is 0. The quantitative estimate of drug-likeness (QED) is 0.539. The number of hydrogen-bond donors (Lipinski definition) is 0. The summed E-state index contributed by atoms with van der Waals surface area (Å²) in [5.41, 5.74) is 7.82. The van der Waals surface area contributed by atoms with Crippen molar-refractivity contribution in [3.63, 3.8) is 0 Å². The van der Waals surface area contributed by atoms with Crippen LogP contribution < -0.4 is 0 Å². The predicted molar refractivity (Wildman–Crippen MR) is 108 cm³/mol. The van der Waals surface area contributed by atoms with Gasteiger partial charge in [0.15, 0.2) is 0 Å². The van der Waals surface area contributed by atoms with E-state index in [2.05, 4.69) is 90.9 Å². The van der Waals surface area contributed by atoms with Gasteiger partial charge >= 0.3 is 0 Å². The molecule has 24 heavy (non-hydrogen) atoms. The SMILES string of the molecule is Cc1cc(-c2ccccc2)cc(C)c1CCC(C)(C)CC(C)(C)C. The third-order valence-corrected chi connectivity index (χ3v) is 4.86. The van der Waals surface area contributed by atoms with Crippen LogP contribution in [0.3, 0.4) is 0 Å². The summed E-state index contributed by atoms with van der Waals surface area (Å²) in [6, 6.07) is 15.4. The molecule has 2 aromatic carbocycles. The molecule has 0 amide bonds. The average Bonchev–Trinajstić information content (AvgIpc) is 2.44.